The van der Waals surface area contributed by atoms with Crippen molar-refractivity contribution in [1.29, 1.82) is 0 Å². The number of hydrogen-bond acceptors (Lipinski definition) is 7. The number of halogens is 1. The molecule has 1 aliphatic heterocycles. The minimum atomic E-state index is 0.0553. The Balaban J connectivity index is 1.38. The number of tetrazole rings is 1. The van der Waals surface area contributed by atoms with Gasteiger partial charge < -0.3 is 5.32 Å². The number of rotatable bonds is 5. The normalized spacial score (nSPS) is 13.1. The third-order valence-corrected chi connectivity index (χ3v) is 6.43. The highest BCUT2D eigenvalue weighted by atomic mass is 35.5. The van der Waals surface area contributed by atoms with Crippen molar-refractivity contribution in [3.63, 3.8) is 0 Å². The van der Waals surface area contributed by atoms with Crippen LogP contribution in [0.5, 0.6) is 0 Å². The molecule has 1 N–H and O–H groups in total. The lowest BCUT2D eigenvalue weighted by atomic mass is 9.98. The number of hydrogen-bond donors (Lipinski definition) is 1. The SMILES string of the molecule is Cc1cc(CCNc2ccc(Cl)nc2-c2nnn(C)n2)c2c(c1)c(=O)n1c3c2cnn3CCC1. The zero-order valence-electron chi connectivity index (χ0n) is 18.8. The summed E-state index contributed by atoms with van der Waals surface area (Å²) in [5.41, 5.74) is 4.46. The van der Waals surface area contributed by atoms with E-state index in [1.807, 2.05) is 34.5 Å². The van der Waals surface area contributed by atoms with Crippen molar-refractivity contribution in [2.24, 2.45) is 7.05 Å². The molecule has 0 bridgehead atoms. The van der Waals surface area contributed by atoms with Gasteiger partial charge in [-0.3, -0.25) is 9.36 Å². The molecule has 0 unspecified atom stereocenters. The van der Waals surface area contributed by atoms with Crippen LogP contribution >= 0.6 is 11.6 Å². The van der Waals surface area contributed by atoms with Gasteiger partial charge in [-0.05, 0) is 48.7 Å². The molecule has 5 aromatic rings. The van der Waals surface area contributed by atoms with Crippen LogP contribution in [-0.4, -0.2) is 46.1 Å². The Kier molecular flexibility index (Phi) is 4.84. The molecule has 0 amide bonds. The quantitative estimate of drug-likeness (QED) is 0.389. The van der Waals surface area contributed by atoms with Gasteiger partial charge in [0, 0.05) is 35.8 Å². The highest BCUT2D eigenvalue weighted by molar-refractivity contribution is 6.29. The standard InChI is InChI=1S/C23H22ClN9O/c1-13-10-14(6-7-25-17-4-5-18(24)27-20(17)21-28-30-31(2)29-21)19-15(11-13)23(34)32-8-3-9-33-22(32)16(19)12-26-33/h4-5,10-12,25H,3,6-9H2,1-2H3. The number of anilines is 1. The van der Waals surface area contributed by atoms with Gasteiger partial charge in [0.2, 0.25) is 5.82 Å². The van der Waals surface area contributed by atoms with E-state index in [2.05, 4.69) is 36.9 Å². The van der Waals surface area contributed by atoms with Crippen LogP contribution in [0, 0.1) is 6.92 Å². The molecule has 34 heavy (non-hydrogen) atoms. The molecule has 0 aliphatic carbocycles. The summed E-state index contributed by atoms with van der Waals surface area (Å²) >= 11 is 6.13. The second-order valence-electron chi connectivity index (χ2n) is 8.57. The Labute approximate surface area is 199 Å². The number of aryl methyl sites for hydroxylation is 4. The van der Waals surface area contributed by atoms with Gasteiger partial charge in [0.1, 0.15) is 16.5 Å². The van der Waals surface area contributed by atoms with Crippen LogP contribution < -0.4 is 10.9 Å². The molecule has 4 aromatic heterocycles. The summed E-state index contributed by atoms with van der Waals surface area (Å²) in [5, 5.41) is 23.4. The molecule has 10 nitrogen and oxygen atoms in total. The van der Waals surface area contributed by atoms with Crippen molar-refractivity contribution in [3.8, 4) is 11.5 Å². The number of nitrogens with zero attached hydrogens (tertiary/aromatic N) is 8. The maximum absolute atomic E-state index is 13.4. The monoisotopic (exact) mass is 475 g/mol. The Bertz CT molecular complexity index is 1630. The lowest BCUT2D eigenvalue weighted by Crippen LogP contribution is -2.27. The Morgan fingerprint density at radius 2 is 2.06 bits per heavy atom. The number of benzene rings is 1. The van der Waals surface area contributed by atoms with Crippen molar-refractivity contribution in [3.05, 3.63) is 57.1 Å². The molecule has 6 rings (SSSR count). The van der Waals surface area contributed by atoms with Crippen molar-refractivity contribution < 1.29 is 0 Å². The lowest BCUT2D eigenvalue weighted by Gasteiger charge is -2.19. The summed E-state index contributed by atoms with van der Waals surface area (Å²) in [6.45, 7) is 4.21. The molecule has 172 valence electrons. The molecule has 5 heterocycles. The topological polar surface area (TPSA) is 108 Å². The third kappa shape index (κ3) is 3.33. The second kappa shape index (κ2) is 7.91. The minimum Gasteiger partial charge on any atom is -0.383 e. The highest BCUT2D eigenvalue weighted by Crippen LogP contribution is 2.30. The molecule has 0 radical (unpaired) electrons. The largest absolute Gasteiger partial charge is 0.383 e. The van der Waals surface area contributed by atoms with E-state index in [9.17, 15) is 4.79 Å². The van der Waals surface area contributed by atoms with E-state index in [4.69, 9.17) is 11.6 Å². The van der Waals surface area contributed by atoms with E-state index < -0.39 is 0 Å². The molecule has 0 fully saturated rings. The fourth-order valence-corrected chi connectivity index (χ4v) is 4.98. The van der Waals surface area contributed by atoms with E-state index >= 15 is 0 Å². The molecule has 0 atom stereocenters. The fourth-order valence-electron chi connectivity index (χ4n) is 4.84. The van der Waals surface area contributed by atoms with Gasteiger partial charge in [0.05, 0.1) is 18.9 Å². The number of aromatic nitrogens is 8. The van der Waals surface area contributed by atoms with E-state index in [0.29, 0.717) is 29.6 Å². The van der Waals surface area contributed by atoms with E-state index in [1.54, 1.807) is 13.1 Å². The van der Waals surface area contributed by atoms with Crippen LogP contribution in [0.3, 0.4) is 0 Å². The van der Waals surface area contributed by atoms with E-state index in [1.165, 1.54) is 4.80 Å². The predicted octanol–water partition coefficient (Wildman–Crippen LogP) is 2.96. The molecule has 11 heteroatoms. The molecular formula is C23H22ClN9O. The van der Waals surface area contributed by atoms with Crippen LogP contribution in [0.15, 0.2) is 35.3 Å². The predicted molar refractivity (Wildman–Crippen MR) is 130 cm³/mol. The van der Waals surface area contributed by atoms with Crippen molar-refractivity contribution in [2.45, 2.75) is 32.9 Å². The van der Waals surface area contributed by atoms with Gasteiger partial charge in [-0.25, -0.2) is 9.67 Å². The zero-order chi connectivity index (χ0) is 23.4. The minimum absolute atomic E-state index is 0.0553. The number of pyridine rings is 2. The lowest BCUT2D eigenvalue weighted by molar-refractivity contribution is 0.485. The Morgan fingerprint density at radius 3 is 2.88 bits per heavy atom. The van der Waals surface area contributed by atoms with Gasteiger partial charge in [-0.15, -0.1) is 10.2 Å². The van der Waals surface area contributed by atoms with Gasteiger partial charge in [-0.2, -0.15) is 9.90 Å². The Hall–Kier alpha value is -3.79. The summed E-state index contributed by atoms with van der Waals surface area (Å²) in [5.74, 6) is 0.401. The third-order valence-electron chi connectivity index (χ3n) is 6.22. The van der Waals surface area contributed by atoms with Crippen LogP contribution in [-0.2, 0) is 26.6 Å². The summed E-state index contributed by atoms with van der Waals surface area (Å²) in [4.78, 5) is 19.1. The molecule has 1 aliphatic rings. The smallest absolute Gasteiger partial charge is 0.260 e. The van der Waals surface area contributed by atoms with Crippen LogP contribution in [0.2, 0.25) is 5.15 Å². The summed E-state index contributed by atoms with van der Waals surface area (Å²) < 4.78 is 3.82. The maximum atomic E-state index is 13.4. The zero-order valence-corrected chi connectivity index (χ0v) is 19.5. The number of fused-ring (bicyclic) bond motifs is 2. The van der Waals surface area contributed by atoms with Crippen LogP contribution in [0.1, 0.15) is 17.5 Å². The molecule has 0 spiro atoms. The van der Waals surface area contributed by atoms with Crippen LogP contribution in [0.25, 0.3) is 33.3 Å². The van der Waals surface area contributed by atoms with Crippen molar-refractivity contribution in [1.82, 2.24) is 39.5 Å². The van der Waals surface area contributed by atoms with E-state index in [0.717, 1.165) is 58.1 Å². The summed E-state index contributed by atoms with van der Waals surface area (Å²) in [7, 11) is 1.70. The summed E-state index contributed by atoms with van der Waals surface area (Å²) in [6, 6.07) is 7.74. The first kappa shape index (κ1) is 20.8. The average molecular weight is 476 g/mol. The van der Waals surface area contributed by atoms with Gasteiger partial charge in [-0.1, -0.05) is 23.2 Å². The first-order valence-electron chi connectivity index (χ1n) is 11.2. The second-order valence-corrected chi connectivity index (χ2v) is 8.96. The first-order chi connectivity index (χ1) is 16.5. The van der Waals surface area contributed by atoms with Crippen LogP contribution in [0.4, 0.5) is 5.69 Å². The Morgan fingerprint density at radius 1 is 1.18 bits per heavy atom. The molecule has 1 aromatic carbocycles. The van der Waals surface area contributed by atoms with Gasteiger partial charge in [0.15, 0.2) is 0 Å². The van der Waals surface area contributed by atoms with E-state index in [-0.39, 0.29) is 5.56 Å². The van der Waals surface area contributed by atoms with Crippen molar-refractivity contribution >= 4 is 39.1 Å². The van der Waals surface area contributed by atoms with Gasteiger partial charge in [0.25, 0.3) is 5.56 Å². The average Bonchev–Trinajstić information content (AvgIpc) is 3.45. The molecule has 0 saturated carbocycles. The van der Waals surface area contributed by atoms with Crippen molar-refractivity contribution in [2.75, 3.05) is 11.9 Å². The summed E-state index contributed by atoms with van der Waals surface area (Å²) in [6.07, 6.45) is 3.51. The molecule has 0 saturated heterocycles. The first-order valence-corrected chi connectivity index (χ1v) is 11.5. The van der Waals surface area contributed by atoms with Gasteiger partial charge >= 0.3 is 0 Å². The molecular weight excluding hydrogens is 454 g/mol. The highest BCUT2D eigenvalue weighted by Gasteiger charge is 2.21. The number of nitrogens with one attached hydrogen (secondary N) is 1. The fraction of sp³-hybridized carbons (Fsp3) is 0.304. The maximum Gasteiger partial charge on any atom is 0.260 e.